The van der Waals surface area contributed by atoms with E-state index in [1.807, 2.05) is 0 Å². The zero-order chi connectivity index (χ0) is 18.8. The van der Waals surface area contributed by atoms with Crippen LogP contribution in [0.25, 0.3) is 0 Å². The Morgan fingerprint density at radius 1 is 1.23 bits per heavy atom. The van der Waals surface area contributed by atoms with Crippen LogP contribution in [0.15, 0.2) is 28.4 Å². The van der Waals surface area contributed by atoms with Gasteiger partial charge in [-0.15, -0.1) is 0 Å². The van der Waals surface area contributed by atoms with Gasteiger partial charge in [-0.3, -0.25) is 14.6 Å². The smallest absolute Gasteiger partial charge is 0.289 e. The van der Waals surface area contributed by atoms with E-state index in [1.54, 1.807) is 18.7 Å². The van der Waals surface area contributed by atoms with E-state index in [0.717, 1.165) is 6.20 Å². The highest BCUT2D eigenvalue weighted by Crippen LogP contribution is 2.17. The van der Waals surface area contributed by atoms with Gasteiger partial charge in [-0.2, -0.15) is 4.99 Å². The lowest BCUT2D eigenvalue weighted by Gasteiger charge is -2.36. The number of aromatic nitrogens is 1. The van der Waals surface area contributed by atoms with Crippen LogP contribution in [0.2, 0.25) is 0 Å². The first-order valence-electron chi connectivity index (χ1n) is 8.37. The number of carbonyl (C=O) groups excluding carboxylic acids is 2. The highest BCUT2D eigenvalue weighted by Gasteiger charge is 2.33. The number of pyridine rings is 1. The molecule has 0 radical (unpaired) electrons. The number of amides is 2. The van der Waals surface area contributed by atoms with E-state index in [2.05, 4.69) is 15.0 Å². The normalized spacial score (nSPS) is 21.0. The summed E-state index contributed by atoms with van der Waals surface area (Å²) in [5.41, 5.74) is 0.136. The van der Waals surface area contributed by atoms with Crippen LogP contribution in [0.5, 0.6) is 0 Å². The molecule has 9 heteroatoms. The second-order valence-electron chi connectivity index (χ2n) is 6.44. The summed E-state index contributed by atoms with van der Waals surface area (Å²) in [6.45, 7) is 4.91. The standard InChI is InChI=1S/C17H19F2N5O2/c1-10(2)14-13(19)15(25)22-17(21-14)24-7-5-23(6-8-24)16(26)11-3-4-20-9-12(11)18/h3-4,9-10,13H,5-8H2,1-2H3. The Morgan fingerprint density at radius 2 is 1.92 bits per heavy atom. The van der Waals surface area contributed by atoms with Crippen molar-refractivity contribution in [3.8, 4) is 0 Å². The largest absolute Gasteiger partial charge is 0.337 e. The Morgan fingerprint density at radius 3 is 2.54 bits per heavy atom. The third-order valence-electron chi connectivity index (χ3n) is 4.36. The Kier molecular flexibility index (Phi) is 5.06. The highest BCUT2D eigenvalue weighted by molar-refractivity contribution is 6.18. The molecule has 0 aliphatic carbocycles. The van der Waals surface area contributed by atoms with Crippen LogP contribution >= 0.6 is 0 Å². The number of carbonyl (C=O) groups is 2. The molecule has 26 heavy (non-hydrogen) atoms. The van der Waals surface area contributed by atoms with Gasteiger partial charge in [-0.1, -0.05) is 13.8 Å². The molecule has 138 valence electrons. The molecule has 7 nitrogen and oxygen atoms in total. The first-order chi connectivity index (χ1) is 12.4. The summed E-state index contributed by atoms with van der Waals surface area (Å²) >= 11 is 0. The molecule has 0 spiro atoms. The Balaban J connectivity index is 1.69. The molecule has 1 unspecified atom stereocenters. The number of rotatable bonds is 2. The Labute approximate surface area is 149 Å². The van der Waals surface area contributed by atoms with Crippen molar-refractivity contribution in [1.82, 2.24) is 14.8 Å². The maximum absolute atomic E-state index is 13.9. The molecule has 2 aliphatic heterocycles. The van der Waals surface area contributed by atoms with Crippen molar-refractivity contribution >= 4 is 23.5 Å². The summed E-state index contributed by atoms with van der Waals surface area (Å²) in [7, 11) is 0. The monoisotopic (exact) mass is 363 g/mol. The second kappa shape index (κ2) is 7.27. The molecule has 2 aliphatic rings. The molecule has 0 aromatic carbocycles. The molecule has 1 atom stereocenters. The molecule has 0 bridgehead atoms. The number of piperazine rings is 1. The summed E-state index contributed by atoms with van der Waals surface area (Å²) in [4.78, 5) is 39.0. The second-order valence-corrected chi connectivity index (χ2v) is 6.44. The van der Waals surface area contributed by atoms with Crippen LogP contribution in [0.3, 0.4) is 0 Å². The van der Waals surface area contributed by atoms with E-state index < -0.39 is 23.8 Å². The van der Waals surface area contributed by atoms with E-state index in [1.165, 1.54) is 17.2 Å². The first kappa shape index (κ1) is 18.1. The Bertz CT molecular complexity index is 785. The van der Waals surface area contributed by atoms with Crippen molar-refractivity contribution in [1.29, 1.82) is 0 Å². The topological polar surface area (TPSA) is 78.2 Å². The zero-order valence-electron chi connectivity index (χ0n) is 14.5. The maximum Gasteiger partial charge on any atom is 0.289 e. The van der Waals surface area contributed by atoms with Crippen molar-refractivity contribution in [2.75, 3.05) is 26.2 Å². The number of aliphatic imine (C=N–C) groups is 2. The average molecular weight is 363 g/mol. The molecular weight excluding hydrogens is 344 g/mol. The number of hydrogen-bond acceptors (Lipinski definition) is 5. The van der Waals surface area contributed by atoms with Crippen LogP contribution in [0, 0.1) is 11.7 Å². The summed E-state index contributed by atoms with van der Waals surface area (Å²) in [6.07, 6.45) is 0.572. The quantitative estimate of drug-likeness (QED) is 0.794. The van der Waals surface area contributed by atoms with E-state index >= 15 is 0 Å². The maximum atomic E-state index is 13.9. The number of guanidine groups is 1. The van der Waals surface area contributed by atoms with Crippen molar-refractivity contribution in [2.45, 2.75) is 20.0 Å². The van der Waals surface area contributed by atoms with Gasteiger partial charge in [0.15, 0.2) is 5.82 Å². The van der Waals surface area contributed by atoms with Gasteiger partial charge >= 0.3 is 0 Å². The lowest BCUT2D eigenvalue weighted by Crippen LogP contribution is -2.51. The van der Waals surface area contributed by atoms with Crippen LogP contribution in [0.1, 0.15) is 24.2 Å². The fourth-order valence-electron chi connectivity index (χ4n) is 2.87. The van der Waals surface area contributed by atoms with Gasteiger partial charge < -0.3 is 9.80 Å². The van der Waals surface area contributed by atoms with Gasteiger partial charge in [0.1, 0.15) is 0 Å². The van der Waals surface area contributed by atoms with Crippen molar-refractivity contribution in [2.24, 2.45) is 15.9 Å². The summed E-state index contributed by atoms with van der Waals surface area (Å²) in [5.74, 6) is -1.97. The lowest BCUT2D eigenvalue weighted by atomic mass is 10.0. The highest BCUT2D eigenvalue weighted by atomic mass is 19.1. The fourth-order valence-corrected chi connectivity index (χ4v) is 2.87. The number of alkyl halides is 1. The van der Waals surface area contributed by atoms with Crippen LogP contribution < -0.4 is 0 Å². The zero-order valence-corrected chi connectivity index (χ0v) is 14.5. The van der Waals surface area contributed by atoms with E-state index in [4.69, 9.17) is 0 Å². The molecule has 3 rings (SSSR count). The van der Waals surface area contributed by atoms with Gasteiger partial charge in [-0.05, 0) is 12.0 Å². The summed E-state index contributed by atoms with van der Waals surface area (Å²) < 4.78 is 27.7. The molecule has 1 fully saturated rings. The lowest BCUT2D eigenvalue weighted by molar-refractivity contribution is -0.120. The molecule has 1 aromatic rings. The van der Waals surface area contributed by atoms with Crippen molar-refractivity contribution in [3.63, 3.8) is 0 Å². The summed E-state index contributed by atoms with van der Waals surface area (Å²) in [5, 5.41) is 0. The molecule has 3 heterocycles. The molecular formula is C17H19F2N5O2. The van der Waals surface area contributed by atoms with Crippen LogP contribution in [-0.4, -0.2) is 70.6 Å². The number of hydrogen-bond donors (Lipinski definition) is 0. The summed E-state index contributed by atoms with van der Waals surface area (Å²) in [6, 6.07) is 1.34. The van der Waals surface area contributed by atoms with Gasteiger partial charge in [-0.25, -0.2) is 13.8 Å². The van der Waals surface area contributed by atoms with Gasteiger partial charge in [0, 0.05) is 32.4 Å². The molecule has 1 aromatic heterocycles. The predicted octanol–water partition coefficient (Wildman–Crippen LogP) is 1.31. The van der Waals surface area contributed by atoms with Gasteiger partial charge in [0.25, 0.3) is 11.8 Å². The average Bonchev–Trinajstić information content (AvgIpc) is 2.63. The van der Waals surface area contributed by atoms with Gasteiger partial charge in [0.05, 0.1) is 17.5 Å². The molecule has 0 saturated carbocycles. The van der Waals surface area contributed by atoms with Gasteiger partial charge in [0.2, 0.25) is 12.1 Å². The van der Waals surface area contributed by atoms with Crippen molar-refractivity contribution < 1.29 is 18.4 Å². The number of halogens is 2. The third kappa shape index (κ3) is 3.47. The number of nitrogens with zero attached hydrogens (tertiary/aromatic N) is 5. The molecule has 1 saturated heterocycles. The van der Waals surface area contributed by atoms with E-state index in [-0.39, 0.29) is 23.2 Å². The van der Waals surface area contributed by atoms with E-state index in [9.17, 15) is 18.4 Å². The third-order valence-corrected chi connectivity index (χ3v) is 4.36. The molecule has 0 N–H and O–H groups in total. The van der Waals surface area contributed by atoms with Crippen molar-refractivity contribution in [3.05, 3.63) is 29.8 Å². The minimum atomic E-state index is -1.80. The van der Waals surface area contributed by atoms with Crippen LogP contribution in [-0.2, 0) is 4.79 Å². The first-order valence-corrected chi connectivity index (χ1v) is 8.37. The molecule has 2 amide bonds. The minimum absolute atomic E-state index is 0.0287. The SMILES string of the molecule is CC(C)C1=NC(N2CCN(C(=O)c3ccncc3F)CC2)=NC(=O)C1F. The van der Waals surface area contributed by atoms with E-state index in [0.29, 0.717) is 26.2 Å². The fraction of sp³-hybridized carbons (Fsp3) is 0.471. The predicted molar refractivity (Wildman–Crippen MR) is 91.3 cm³/mol. The Hall–Kier alpha value is -2.71. The minimum Gasteiger partial charge on any atom is -0.337 e. The van der Waals surface area contributed by atoms with Crippen LogP contribution in [0.4, 0.5) is 8.78 Å².